The van der Waals surface area contributed by atoms with Gasteiger partial charge in [-0.15, -0.1) is 0 Å². The molecule has 0 aliphatic carbocycles. The van der Waals surface area contributed by atoms with Gasteiger partial charge in [0.15, 0.2) is 28.3 Å². The molecule has 2 unspecified atom stereocenters. The van der Waals surface area contributed by atoms with Crippen LogP contribution in [0, 0.1) is 0 Å². The lowest BCUT2D eigenvalue weighted by Crippen LogP contribution is -2.58. The molecule has 170 valence electrons. The van der Waals surface area contributed by atoms with E-state index in [9.17, 15) is 40.5 Å². The molecule has 2 aromatic carbocycles. The van der Waals surface area contributed by atoms with Gasteiger partial charge < -0.3 is 49.6 Å². The van der Waals surface area contributed by atoms with E-state index in [0.29, 0.717) is 0 Å². The molecule has 2 heterocycles. The molecule has 1 aliphatic rings. The van der Waals surface area contributed by atoms with Crippen LogP contribution in [0.3, 0.4) is 0 Å². The third-order valence-electron chi connectivity index (χ3n) is 5.22. The van der Waals surface area contributed by atoms with E-state index < -0.39 is 70.5 Å². The van der Waals surface area contributed by atoms with Gasteiger partial charge >= 0.3 is 0 Å². The lowest BCUT2D eigenvalue weighted by atomic mass is 10.00. The first-order chi connectivity index (χ1) is 15.1. The van der Waals surface area contributed by atoms with Crippen LogP contribution >= 0.6 is 0 Å². The quantitative estimate of drug-likeness (QED) is 0.276. The van der Waals surface area contributed by atoms with Gasteiger partial charge in [-0.25, -0.2) is 0 Å². The molecule has 5 atom stereocenters. The molecule has 1 fully saturated rings. The summed E-state index contributed by atoms with van der Waals surface area (Å²) < 4.78 is 16.6. The van der Waals surface area contributed by atoms with Crippen LogP contribution in [0.1, 0.15) is 6.92 Å². The number of hydrogen-bond acceptors (Lipinski definition) is 11. The highest BCUT2D eigenvalue weighted by Crippen LogP contribution is 2.42. The number of aliphatic hydroxyl groups is 3. The number of aliphatic hydroxyl groups excluding tert-OH is 3. The highest BCUT2D eigenvalue weighted by atomic mass is 16.7. The zero-order valence-corrected chi connectivity index (χ0v) is 16.5. The van der Waals surface area contributed by atoms with Crippen molar-refractivity contribution in [3.05, 3.63) is 40.6 Å². The molecule has 11 heteroatoms. The summed E-state index contributed by atoms with van der Waals surface area (Å²) in [7, 11) is 0. The first-order valence-electron chi connectivity index (χ1n) is 9.50. The van der Waals surface area contributed by atoms with Gasteiger partial charge in [0.25, 0.3) is 0 Å². The smallest absolute Gasteiger partial charge is 0.229 e. The zero-order chi connectivity index (χ0) is 23.3. The molecular weight excluding hydrogens is 428 g/mol. The summed E-state index contributed by atoms with van der Waals surface area (Å²) in [5, 5.41) is 69.5. The minimum atomic E-state index is -1.71. The highest BCUT2D eigenvalue weighted by Gasteiger charge is 2.43. The van der Waals surface area contributed by atoms with E-state index in [0.717, 1.165) is 18.2 Å². The molecule has 1 saturated heterocycles. The Balaban J connectivity index is 1.86. The van der Waals surface area contributed by atoms with E-state index >= 15 is 0 Å². The number of rotatable bonds is 3. The van der Waals surface area contributed by atoms with Crippen LogP contribution in [-0.2, 0) is 4.74 Å². The van der Waals surface area contributed by atoms with E-state index in [1.165, 1.54) is 19.1 Å². The Kier molecular flexibility index (Phi) is 5.34. The third kappa shape index (κ3) is 3.56. The van der Waals surface area contributed by atoms with Crippen molar-refractivity contribution in [1.82, 2.24) is 0 Å². The van der Waals surface area contributed by atoms with Crippen molar-refractivity contribution in [2.24, 2.45) is 0 Å². The number of aromatic hydroxyl groups is 4. The maximum Gasteiger partial charge on any atom is 0.229 e. The summed E-state index contributed by atoms with van der Waals surface area (Å²) in [5.74, 6) is -2.70. The SMILES string of the molecule is CC1O[C@@H](Oc2c(O)cc(O)c3c(=O)cc(-c4ccc(O)c(O)c4)oc23)[C@@H](O)C(O)[C@H]1O. The minimum Gasteiger partial charge on any atom is -0.507 e. The normalized spacial score (nSPS) is 25.7. The van der Waals surface area contributed by atoms with Crippen molar-refractivity contribution in [3.8, 4) is 40.1 Å². The number of phenolic OH excluding ortho intramolecular Hbond substituents is 4. The van der Waals surface area contributed by atoms with Gasteiger partial charge in [-0.05, 0) is 25.1 Å². The molecule has 0 amide bonds. The maximum absolute atomic E-state index is 12.7. The van der Waals surface area contributed by atoms with Crippen LogP contribution in [-0.4, -0.2) is 66.5 Å². The van der Waals surface area contributed by atoms with Crippen LogP contribution in [0.25, 0.3) is 22.3 Å². The summed E-state index contributed by atoms with van der Waals surface area (Å²) in [4.78, 5) is 12.7. The Morgan fingerprint density at radius 2 is 1.56 bits per heavy atom. The molecule has 32 heavy (non-hydrogen) atoms. The molecule has 1 aromatic heterocycles. The molecule has 1 aliphatic heterocycles. The first kappa shape index (κ1) is 21.7. The minimum absolute atomic E-state index is 0.0958. The summed E-state index contributed by atoms with van der Waals surface area (Å²) in [6, 6.07) is 5.53. The van der Waals surface area contributed by atoms with Gasteiger partial charge in [-0.3, -0.25) is 4.79 Å². The van der Waals surface area contributed by atoms with Gasteiger partial charge in [0.05, 0.1) is 6.10 Å². The van der Waals surface area contributed by atoms with E-state index in [1.807, 2.05) is 0 Å². The molecule has 11 nitrogen and oxygen atoms in total. The second-order valence-electron chi connectivity index (χ2n) is 7.43. The summed E-state index contributed by atoms with van der Waals surface area (Å²) in [5.41, 5.74) is -0.930. The number of fused-ring (bicyclic) bond motifs is 1. The third-order valence-corrected chi connectivity index (χ3v) is 5.22. The molecule has 7 N–H and O–H groups in total. The fourth-order valence-corrected chi connectivity index (χ4v) is 3.44. The zero-order valence-electron chi connectivity index (χ0n) is 16.5. The van der Waals surface area contributed by atoms with Crippen molar-refractivity contribution in [2.75, 3.05) is 0 Å². The van der Waals surface area contributed by atoms with E-state index in [1.54, 1.807) is 0 Å². The van der Waals surface area contributed by atoms with Crippen LogP contribution < -0.4 is 10.2 Å². The maximum atomic E-state index is 12.7. The van der Waals surface area contributed by atoms with Gasteiger partial charge in [0, 0.05) is 17.7 Å². The molecule has 4 rings (SSSR count). The van der Waals surface area contributed by atoms with Crippen molar-refractivity contribution < 1.29 is 49.6 Å². The van der Waals surface area contributed by atoms with Gasteiger partial charge in [-0.1, -0.05) is 0 Å². The Hall–Kier alpha value is -3.51. The molecule has 0 spiro atoms. The predicted molar refractivity (Wildman–Crippen MR) is 108 cm³/mol. The Morgan fingerprint density at radius 3 is 2.25 bits per heavy atom. The second kappa shape index (κ2) is 7.88. The van der Waals surface area contributed by atoms with E-state index in [2.05, 4.69) is 0 Å². The Bertz CT molecular complexity index is 1230. The lowest BCUT2D eigenvalue weighted by molar-refractivity contribution is -0.268. The fourth-order valence-electron chi connectivity index (χ4n) is 3.44. The largest absolute Gasteiger partial charge is 0.507 e. The standard InChI is InChI=1S/C21H20O11/c1-7-16(27)17(28)18(29)21(30-7)32-19-13(26)5-11(24)15-12(25)6-14(31-20(15)19)8-2-3-9(22)10(23)4-8/h2-7,16-18,21-24,26-29H,1H3/t7?,16-,17?,18-,21-/m0/s1. The summed E-state index contributed by atoms with van der Waals surface area (Å²) in [6.07, 6.45) is -7.22. The van der Waals surface area contributed by atoms with Crippen molar-refractivity contribution in [2.45, 2.75) is 37.6 Å². The highest BCUT2D eigenvalue weighted by molar-refractivity contribution is 5.91. The van der Waals surface area contributed by atoms with Crippen LogP contribution in [0.2, 0.25) is 0 Å². The lowest BCUT2D eigenvalue weighted by Gasteiger charge is -2.38. The average molecular weight is 448 g/mol. The number of ether oxygens (including phenoxy) is 2. The predicted octanol–water partition coefficient (Wildman–Crippen LogP) is 0.489. The topological polar surface area (TPSA) is 190 Å². The van der Waals surface area contributed by atoms with Gasteiger partial charge in [0.2, 0.25) is 12.0 Å². The van der Waals surface area contributed by atoms with Crippen molar-refractivity contribution in [3.63, 3.8) is 0 Å². The van der Waals surface area contributed by atoms with Crippen molar-refractivity contribution >= 4 is 11.0 Å². The molecule has 0 radical (unpaired) electrons. The summed E-state index contributed by atoms with van der Waals surface area (Å²) >= 11 is 0. The number of benzene rings is 2. The van der Waals surface area contributed by atoms with Crippen molar-refractivity contribution in [1.29, 1.82) is 0 Å². The average Bonchev–Trinajstić information content (AvgIpc) is 2.74. The molecule has 0 bridgehead atoms. The Labute approximate surface area is 179 Å². The van der Waals surface area contributed by atoms with E-state index in [-0.39, 0.29) is 16.7 Å². The van der Waals surface area contributed by atoms with Crippen LogP contribution in [0.5, 0.6) is 28.7 Å². The second-order valence-corrected chi connectivity index (χ2v) is 7.43. The van der Waals surface area contributed by atoms with Crippen LogP contribution in [0.4, 0.5) is 0 Å². The fraction of sp³-hybridized carbons (Fsp3) is 0.286. The monoisotopic (exact) mass is 448 g/mol. The van der Waals surface area contributed by atoms with Crippen LogP contribution in [0.15, 0.2) is 39.5 Å². The van der Waals surface area contributed by atoms with Gasteiger partial charge in [-0.2, -0.15) is 0 Å². The number of hydrogen-bond donors (Lipinski definition) is 7. The molecule has 0 saturated carbocycles. The van der Waals surface area contributed by atoms with Gasteiger partial charge in [0.1, 0.15) is 35.2 Å². The number of phenols is 4. The molecular formula is C21H20O11. The van der Waals surface area contributed by atoms with E-state index in [4.69, 9.17) is 13.9 Å². The summed E-state index contributed by atoms with van der Waals surface area (Å²) in [6.45, 7) is 1.43. The molecule has 3 aromatic rings. The Morgan fingerprint density at radius 1 is 0.844 bits per heavy atom. The first-order valence-corrected chi connectivity index (χ1v) is 9.50.